The Balaban J connectivity index is 2.09. The van der Waals surface area contributed by atoms with Crippen molar-refractivity contribution in [2.75, 3.05) is 26.9 Å². The van der Waals surface area contributed by atoms with E-state index in [0.29, 0.717) is 6.04 Å². The first-order valence-electron chi connectivity index (χ1n) is 7.19. The highest BCUT2D eigenvalue weighted by atomic mass is 32.1. The van der Waals surface area contributed by atoms with Gasteiger partial charge < -0.3 is 14.8 Å². The average molecular weight is 283 g/mol. The van der Waals surface area contributed by atoms with Gasteiger partial charge in [0.1, 0.15) is 0 Å². The van der Waals surface area contributed by atoms with E-state index in [-0.39, 0.29) is 5.60 Å². The lowest BCUT2D eigenvalue weighted by Crippen LogP contribution is -2.56. The second-order valence-electron chi connectivity index (χ2n) is 5.17. The molecule has 0 spiro atoms. The van der Waals surface area contributed by atoms with Gasteiger partial charge in [-0.25, -0.2) is 0 Å². The summed E-state index contributed by atoms with van der Waals surface area (Å²) in [6, 6.07) is 4.72. The molecule has 0 saturated carbocycles. The summed E-state index contributed by atoms with van der Waals surface area (Å²) < 4.78 is 11.5. The van der Waals surface area contributed by atoms with Crippen LogP contribution in [0.3, 0.4) is 0 Å². The molecule has 0 amide bonds. The number of hydrogen-bond acceptors (Lipinski definition) is 4. The molecule has 0 radical (unpaired) electrons. The quantitative estimate of drug-likeness (QED) is 0.834. The van der Waals surface area contributed by atoms with Crippen LogP contribution in [0.15, 0.2) is 17.5 Å². The van der Waals surface area contributed by atoms with Crippen LogP contribution in [0.2, 0.25) is 0 Å². The Bertz CT molecular complexity index is 347. The third-order valence-electron chi connectivity index (χ3n) is 4.01. The highest BCUT2D eigenvalue weighted by Gasteiger charge is 2.40. The average Bonchev–Trinajstić information content (AvgIpc) is 2.97. The van der Waals surface area contributed by atoms with Gasteiger partial charge in [-0.3, -0.25) is 0 Å². The Labute approximate surface area is 120 Å². The van der Waals surface area contributed by atoms with E-state index in [9.17, 15) is 0 Å². The lowest BCUT2D eigenvalue weighted by Gasteiger charge is -2.42. The van der Waals surface area contributed by atoms with Crippen LogP contribution in [-0.2, 0) is 15.9 Å². The second-order valence-corrected chi connectivity index (χ2v) is 6.20. The summed E-state index contributed by atoms with van der Waals surface area (Å²) in [6.07, 6.45) is 4.16. The molecule has 0 bridgehead atoms. The van der Waals surface area contributed by atoms with E-state index in [0.717, 1.165) is 45.4 Å². The van der Waals surface area contributed by atoms with E-state index in [1.165, 1.54) is 4.88 Å². The molecule has 1 unspecified atom stereocenters. The van der Waals surface area contributed by atoms with Crippen molar-refractivity contribution in [3.05, 3.63) is 22.4 Å². The molecule has 1 fully saturated rings. The molecular formula is C15H25NO2S. The maximum Gasteiger partial charge on any atom is 0.0878 e. The van der Waals surface area contributed by atoms with Gasteiger partial charge in [0.25, 0.3) is 0 Å². The molecule has 3 nitrogen and oxygen atoms in total. The van der Waals surface area contributed by atoms with Crippen LogP contribution in [-0.4, -0.2) is 38.5 Å². The van der Waals surface area contributed by atoms with E-state index >= 15 is 0 Å². The Morgan fingerprint density at radius 3 is 2.84 bits per heavy atom. The van der Waals surface area contributed by atoms with E-state index in [4.69, 9.17) is 9.47 Å². The van der Waals surface area contributed by atoms with Crippen molar-refractivity contribution in [3.8, 4) is 0 Å². The lowest BCUT2D eigenvalue weighted by atomic mass is 9.83. The maximum absolute atomic E-state index is 5.95. The second kappa shape index (κ2) is 7.39. The van der Waals surface area contributed by atoms with Crippen molar-refractivity contribution in [1.29, 1.82) is 0 Å². The van der Waals surface area contributed by atoms with Gasteiger partial charge in [0.05, 0.1) is 5.60 Å². The van der Waals surface area contributed by atoms with Crippen molar-refractivity contribution < 1.29 is 9.47 Å². The molecule has 4 heteroatoms. The first-order valence-corrected chi connectivity index (χ1v) is 8.07. The van der Waals surface area contributed by atoms with E-state index in [1.54, 1.807) is 0 Å². The number of hydrogen-bond donors (Lipinski definition) is 1. The summed E-state index contributed by atoms with van der Waals surface area (Å²) in [5.41, 5.74) is -0.0720. The molecule has 0 aliphatic carbocycles. The number of ether oxygens (including phenoxy) is 2. The van der Waals surface area contributed by atoms with Crippen LogP contribution in [0.25, 0.3) is 0 Å². The fraction of sp³-hybridized carbons (Fsp3) is 0.733. The van der Waals surface area contributed by atoms with E-state index < -0.39 is 0 Å². The summed E-state index contributed by atoms with van der Waals surface area (Å²) in [4.78, 5) is 1.43. The summed E-state index contributed by atoms with van der Waals surface area (Å²) in [6.45, 7) is 4.87. The van der Waals surface area contributed by atoms with Crippen molar-refractivity contribution in [1.82, 2.24) is 5.32 Å². The zero-order valence-electron chi connectivity index (χ0n) is 12.0. The number of methoxy groups -OCH3 is 1. The lowest BCUT2D eigenvalue weighted by molar-refractivity contribution is -0.110. The Morgan fingerprint density at radius 2 is 2.26 bits per heavy atom. The van der Waals surface area contributed by atoms with Crippen LogP contribution in [0, 0.1) is 0 Å². The Morgan fingerprint density at radius 1 is 1.47 bits per heavy atom. The van der Waals surface area contributed by atoms with Crippen LogP contribution in [0.1, 0.15) is 31.1 Å². The molecule has 2 rings (SSSR count). The van der Waals surface area contributed by atoms with Crippen LogP contribution in [0.4, 0.5) is 0 Å². The van der Waals surface area contributed by atoms with Crippen molar-refractivity contribution in [2.24, 2.45) is 0 Å². The highest BCUT2D eigenvalue weighted by Crippen LogP contribution is 2.31. The molecule has 2 heterocycles. The highest BCUT2D eigenvalue weighted by molar-refractivity contribution is 7.09. The van der Waals surface area contributed by atoms with Gasteiger partial charge in [0.15, 0.2) is 0 Å². The Hall–Kier alpha value is -0.420. The molecule has 1 aromatic rings. The minimum Gasteiger partial charge on any atom is -0.381 e. The van der Waals surface area contributed by atoms with Gasteiger partial charge in [0.2, 0.25) is 0 Å². The van der Waals surface area contributed by atoms with Crippen molar-refractivity contribution in [2.45, 2.75) is 44.2 Å². The predicted octanol–water partition coefficient (Wildman–Crippen LogP) is 2.85. The molecule has 1 N–H and O–H groups in total. The van der Waals surface area contributed by atoms with Crippen LogP contribution < -0.4 is 5.32 Å². The molecule has 19 heavy (non-hydrogen) atoms. The molecule has 1 aromatic heterocycles. The summed E-state index contributed by atoms with van der Waals surface area (Å²) >= 11 is 1.83. The van der Waals surface area contributed by atoms with Gasteiger partial charge in [0, 0.05) is 44.1 Å². The first-order chi connectivity index (χ1) is 9.30. The zero-order valence-corrected chi connectivity index (χ0v) is 12.8. The third-order valence-corrected chi connectivity index (χ3v) is 4.91. The van der Waals surface area contributed by atoms with Gasteiger partial charge in [-0.05, 0) is 30.8 Å². The monoisotopic (exact) mass is 283 g/mol. The van der Waals surface area contributed by atoms with E-state index in [2.05, 4.69) is 29.8 Å². The van der Waals surface area contributed by atoms with Gasteiger partial charge >= 0.3 is 0 Å². The molecule has 108 valence electrons. The van der Waals surface area contributed by atoms with Crippen molar-refractivity contribution >= 4 is 11.3 Å². The maximum atomic E-state index is 5.95. The summed E-state index contributed by atoms with van der Waals surface area (Å²) in [7, 11) is 1.85. The van der Waals surface area contributed by atoms with Gasteiger partial charge in [-0.15, -0.1) is 11.3 Å². The van der Waals surface area contributed by atoms with Gasteiger partial charge in [-0.2, -0.15) is 0 Å². The summed E-state index contributed by atoms with van der Waals surface area (Å²) in [5.74, 6) is 0. The SMILES string of the molecule is CCCNC(Cc1cccs1)C1(OC)CCOCC1. The van der Waals surface area contributed by atoms with Crippen molar-refractivity contribution in [3.63, 3.8) is 0 Å². The number of thiophene rings is 1. The largest absolute Gasteiger partial charge is 0.381 e. The molecule has 1 saturated heterocycles. The summed E-state index contributed by atoms with van der Waals surface area (Å²) in [5, 5.41) is 5.84. The number of nitrogens with one attached hydrogen (secondary N) is 1. The van der Waals surface area contributed by atoms with E-state index in [1.807, 2.05) is 18.4 Å². The van der Waals surface area contributed by atoms with Gasteiger partial charge in [-0.1, -0.05) is 13.0 Å². The molecule has 0 aromatic carbocycles. The number of rotatable bonds is 7. The minimum atomic E-state index is -0.0720. The Kier molecular flexibility index (Phi) is 5.82. The molecular weight excluding hydrogens is 258 g/mol. The molecule has 1 aliphatic rings. The zero-order chi connectivity index (χ0) is 13.6. The fourth-order valence-electron chi connectivity index (χ4n) is 2.80. The third kappa shape index (κ3) is 3.78. The van der Waals surface area contributed by atoms with Crippen LogP contribution >= 0.6 is 11.3 Å². The topological polar surface area (TPSA) is 30.5 Å². The normalized spacial score (nSPS) is 20.3. The first kappa shape index (κ1) is 15.0. The molecule has 1 aliphatic heterocycles. The van der Waals surface area contributed by atoms with Crippen LogP contribution in [0.5, 0.6) is 0 Å². The fourth-order valence-corrected chi connectivity index (χ4v) is 3.56. The standard InChI is InChI=1S/C15H25NO2S/c1-3-8-16-14(12-13-5-4-11-19-13)15(17-2)6-9-18-10-7-15/h4-5,11,14,16H,3,6-10,12H2,1-2H3. The smallest absolute Gasteiger partial charge is 0.0878 e. The molecule has 1 atom stereocenters. The minimum absolute atomic E-state index is 0.0720. The predicted molar refractivity (Wildman–Crippen MR) is 79.9 cm³/mol.